The average Bonchev–Trinajstić information content (AvgIpc) is 3.15. The minimum Gasteiger partial charge on any atom is -0.369 e. The third-order valence-corrected chi connectivity index (χ3v) is 3.55. The summed E-state index contributed by atoms with van der Waals surface area (Å²) in [5, 5.41) is 3.51. The molecule has 0 spiro atoms. The molecule has 0 saturated heterocycles. The Bertz CT molecular complexity index is 358. The fourth-order valence-corrected chi connectivity index (χ4v) is 2.54. The summed E-state index contributed by atoms with van der Waals surface area (Å²) in [4.78, 5) is 2.56. The zero-order valence-electron chi connectivity index (χ0n) is 11.2. The second-order valence-corrected chi connectivity index (χ2v) is 4.86. The van der Waals surface area contributed by atoms with Crippen LogP contribution in [-0.4, -0.2) is 19.1 Å². The highest BCUT2D eigenvalue weighted by molar-refractivity contribution is 5.56. The van der Waals surface area contributed by atoms with Crippen LogP contribution in [0.2, 0.25) is 0 Å². The van der Waals surface area contributed by atoms with Gasteiger partial charge in [0.2, 0.25) is 0 Å². The fraction of sp³-hybridized carbons (Fsp3) is 0.600. The Labute approximate surface area is 105 Å². The van der Waals surface area contributed by atoms with Gasteiger partial charge in [-0.15, -0.1) is 0 Å². The van der Waals surface area contributed by atoms with Gasteiger partial charge in [0.15, 0.2) is 0 Å². The lowest BCUT2D eigenvalue weighted by Gasteiger charge is -2.28. The van der Waals surface area contributed by atoms with E-state index in [2.05, 4.69) is 55.3 Å². The number of hydrogen-bond acceptors (Lipinski definition) is 2. The van der Waals surface area contributed by atoms with E-state index in [0.717, 1.165) is 19.1 Å². The summed E-state index contributed by atoms with van der Waals surface area (Å²) < 4.78 is 0. The molecule has 0 radical (unpaired) electrons. The van der Waals surface area contributed by atoms with Crippen LogP contribution in [0.15, 0.2) is 24.3 Å². The number of nitrogens with zero attached hydrogens (tertiary/aromatic N) is 1. The van der Waals surface area contributed by atoms with Crippen molar-refractivity contribution in [2.75, 3.05) is 18.0 Å². The van der Waals surface area contributed by atoms with E-state index in [-0.39, 0.29) is 0 Å². The van der Waals surface area contributed by atoms with Gasteiger partial charge in [-0.25, -0.2) is 0 Å². The van der Waals surface area contributed by atoms with Gasteiger partial charge in [0.05, 0.1) is 0 Å². The average molecular weight is 232 g/mol. The van der Waals surface area contributed by atoms with Crippen LogP contribution in [0.25, 0.3) is 0 Å². The molecule has 17 heavy (non-hydrogen) atoms. The van der Waals surface area contributed by atoms with E-state index in [1.165, 1.54) is 24.1 Å². The van der Waals surface area contributed by atoms with E-state index in [1.807, 2.05) is 0 Å². The van der Waals surface area contributed by atoms with Crippen LogP contribution in [0.5, 0.6) is 0 Å². The minimum atomic E-state index is 0.434. The Kier molecular flexibility index (Phi) is 4.06. The number of rotatable bonds is 6. The molecule has 0 amide bonds. The molecule has 1 fully saturated rings. The summed E-state index contributed by atoms with van der Waals surface area (Å²) in [6.45, 7) is 8.80. The Morgan fingerprint density at radius 3 is 2.59 bits per heavy atom. The lowest BCUT2D eigenvalue weighted by Crippen LogP contribution is -2.28. The number of benzene rings is 1. The molecular weight excluding hydrogens is 208 g/mol. The first-order valence-corrected chi connectivity index (χ1v) is 6.86. The lowest BCUT2D eigenvalue weighted by molar-refractivity contribution is 0.595. The molecule has 0 aliphatic heterocycles. The molecule has 0 heterocycles. The third-order valence-electron chi connectivity index (χ3n) is 3.55. The van der Waals surface area contributed by atoms with Crippen molar-refractivity contribution in [3.8, 4) is 0 Å². The largest absolute Gasteiger partial charge is 0.369 e. The first kappa shape index (κ1) is 12.4. The smallest absolute Gasteiger partial charge is 0.0417 e. The van der Waals surface area contributed by atoms with Crippen molar-refractivity contribution >= 4 is 5.69 Å². The molecule has 2 nitrogen and oxygen atoms in total. The predicted molar refractivity (Wildman–Crippen MR) is 74.6 cm³/mol. The van der Waals surface area contributed by atoms with Crippen molar-refractivity contribution in [2.24, 2.45) is 0 Å². The standard InChI is InChI=1S/C15H24N2/c1-4-16-12(3)14-8-6-7-9-15(14)17(5-2)13-10-11-13/h6-9,12-13,16H,4-5,10-11H2,1-3H3. The van der Waals surface area contributed by atoms with Crippen LogP contribution >= 0.6 is 0 Å². The van der Waals surface area contributed by atoms with Crippen LogP contribution in [0.4, 0.5) is 5.69 Å². The Morgan fingerprint density at radius 2 is 2.00 bits per heavy atom. The summed E-state index contributed by atoms with van der Waals surface area (Å²) in [6.07, 6.45) is 2.72. The Hall–Kier alpha value is -1.02. The molecule has 2 rings (SSSR count). The van der Waals surface area contributed by atoms with Gasteiger partial charge in [0.25, 0.3) is 0 Å². The number of anilines is 1. The summed E-state index contributed by atoms with van der Waals surface area (Å²) in [6, 6.07) is 10.0. The molecule has 1 aromatic rings. The minimum absolute atomic E-state index is 0.434. The van der Waals surface area contributed by atoms with E-state index in [1.54, 1.807) is 0 Å². The van der Waals surface area contributed by atoms with E-state index in [0.29, 0.717) is 6.04 Å². The summed E-state index contributed by atoms with van der Waals surface area (Å²) in [7, 11) is 0. The SMILES string of the molecule is CCNC(C)c1ccccc1N(CC)C1CC1. The maximum absolute atomic E-state index is 3.51. The molecule has 0 bridgehead atoms. The lowest BCUT2D eigenvalue weighted by atomic mass is 10.0. The third kappa shape index (κ3) is 2.81. The van der Waals surface area contributed by atoms with Gasteiger partial charge < -0.3 is 10.2 Å². The van der Waals surface area contributed by atoms with Gasteiger partial charge in [-0.05, 0) is 44.9 Å². The van der Waals surface area contributed by atoms with E-state index in [9.17, 15) is 0 Å². The van der Waals surface area contributed by atoms with E-state index < -0.39 is 0 Å². The van der Waals surface area contributed by atoms with Crippen LogP contribution in [0, 0.1) is 0 Å². The highest BCUT2D eigenvalue weighted by Crippen LogP contribution is 2.35. The molecule has 1 saturated carbocycles. The van der Waals surface area contributed by atoms with Crippen molar-refractivity contribution < 1.29 is 0 Å². The van der Waals surface area contributed by atoms with Crippen LogP contribution in [-0.2, 0) is 0 Å². The van der Waals surface area contributed by atoms with Gasteiger partial charge in [-0.1, -0.05) is 25.1 Å². The fourth-order valence-electron chi connectivity index (χ4n) is 2.54. The van der Waals surface area contributed by atoms with Gasteiger partial charge in [0.1, 0.15) is 0 Å². The van der Waals surface area contributed by atoms with E-state index >= 15 is 0 Å². The molecular formula is C15H24N2. The first-order chi connectivity index (χ1) is 8.27. The van der Waals surface area contributed by atoms with Crippen molar-refractivity contribution in [3.63, 3.8) is 0 Å². The van der Waals surface area contributed by atoms with Crippen LogP contribution < -0.4 is 10.2 Å². The van der Waals surface area contributed by atoms with Crippen LogP contribution in [0.3, 0.4) is 0 Å². The van der Waals surface area contributed by atoms with Gasteiger partial charge in [0, 0.05) is 24.3 Å². The molecule has 0 aromatic heterocycles. The van der Waals surface area contributed by atoms with Crippen LogP contribution in [0.1, 0.15) is 45.2 Å². The zero-order chi connectivity index (χ0) is 12.3. The molecule has 1 aliphatic carbocycles. The second kappa shape index (κ2) is 5.54. The predicted octanol–water partition coefficient (Wildman–Crippen LogP) is 3.35. The Morgan fingerprint density at radius 1 is 1.29 bits per heavy atom. The van der Waals surface area contributed by atoms with Crippen molar-refractivity contribution in [3.05, 3.63) is 29.8 Å². The van der Waals surface area contributed by atoms with Crippen molar-refractivity contribution in [1.82, 2.24) is 5.32 Å². The van der Waals surface area contributed by atoms with Gasteiger partial charge >= 0.3 is 0 Å². The van der Waals surface area contributed by atoms with Crippen molar-refractivity contribution in [2.45, 2.75) is 45.7 Å². The van der Waals surface area contributed by atoms with Crippen molar-refractivity contribution in [1.29, 1.82) is 0 Å². The van der Waals surface area contributed by atoms with E-state index in [4.69, 9.17) is 0 Å². The molecule has 1 aliphatic rings. The number of para-hydroxylation sites is 1. The molecule has 1 unspecified atom stereocenters. The molecule has 1 atom stereocenters. The highest BCUT2D eigenvalue weighted by Gasteiger charge is 2.29. The second-order valence-electron chi connectivity index (χ2n) is 4.86. The monoisotopic (exact) mass is 232 g/mol. The van der Waals surface area contributed by atoms with Gasteiger partial charge in [-0.3, -0.25) is 0 Å². The summed E-state index contributed by atoms with van der Waals surface area (Å²) >= 11 is 0. The molecule has 2 heteroatoms. The quantitative estimate of drug-likeness (QED) is 0.809. The number of hydrogen-bond donors (Lipinski definition) is 1. The summed E-state index contributed by atoms with van der Waals surface area (Å²) in [5.74, 6) is 0. The molecule has 1 aromatic carbocycles. The maximum atomic E-state index is 3.51. The summed E-state index contributed by atoms with van der Waals surface area (Å²) in [5.41, 5.74) is 2.86. The Balaban J connectivity index is 2.25. The maximum Gasteiger partial charge on any atom is 0.0417 e. The zero-order valence-corrected chi connectivity index (χ0v) is 11.2. The normalized spacial score (nSPS) is 16.9. The first-order valence-electron chi connectivity index (χ1n) is 6.86. The van der Waals surface area contributed by atoms with Gasteiger partial charge in [-0.2, -0.15) is 0 Å². The molecule has 94 valence electrons. The number of nitrogens with one attached hydrogen (secondary N) is 1. The topological polar surface area (TPSA) is 15.3 Å². The molecule has 1 N–H and O–H groups in total. The highest BCUT2D eigenvalue weighted by atomic mass is 15.2.